The quantitative estimate of drug-likeness (QED) is 0.605. The van der Waals surface area contributed by atoms with Crippen LogP contribution in [0.5, 0.6) is 0 Å². The molecular weight excluding hydrogens is 260 g/mol. The van der Waals surface area contributed by atoms with Gasteiger partial charge >= 0.3 is 0 Å². The van der Waals surface area contributed by atoms with Gasteiger partial charge in [-0.1, -0.05) is 13.8 Å². The van der Waals surface area contributed by atoms with Gasteiger partial charge in [-0.15, -0.1) is 0 Å². The van der Waals surface area contributed by atoms with Crippen molar-refractivity contribution in [1.29, 1.82) is 0 Å². The van der Waals surface area contributed by atoms with Gasteiger partial charge in [0, 0.05) is 25.7 Å². The zero-order valence-corrected chi connectivity index (χ0v) is 14.2. The monoisotopic (exact) mass is 294 g/mol. The molecule has 1 heterocycles. The molecule has 0 amide bonds. The average Bonchev–Trinajstić information content (AvgIpc) is 3.03. The Balaban J connectivity index is 1.73. The van der Waals surface area contributed by atoms with Crippen LogP contribution in [0.25, 0.3) is 0 Å². The standard InChI is InChI=1S/C17H34N4/c1-4-16(21-11-5-6-12-21)13-19-17(18-3)20-15-9-7-14(2)8-10-15/h14-16H,4-13H2,1-3H3,(H2,18,19,20). The summed E-state index contributed by atoms with van der Waals surface area (Å²) in [6.45, 7) is 8.22. The number of rotatable bonds is 5. The summed E-state index contributed by atoms with van der Waals surface area (Å²) in [5.41, 5.74) is 0. The minimum absolute atomic E-state index is 0.610. The summed E-state index contributed by atoms with van der Waals surface area (Å²) in [6.07, 6.45) is 9.20. The van der Waals surface area contributed by atoms with Crippen LogP contribution in [0.4, 0.5) is 0 Å². The van der Waals surface area contributed by atoms with E-state index in [9.17, 15) is 0 Å². The van der Waals surface area contributed by atoms with Crippen molar-refractivity contribution in [3.63, 3.8) is 0 Å². The Morgan fingerprint density at radius 2 is 1.86 bits per heavy atom. The van der Waals surface area contributed by atoms with E-state index in [0.717, 1.165) is 18.4 Å². The topological polar surface area (TPSA) is 39.7 Å². The molecule has 4 nitrogen and oxygen atoms in total. The second-order valence-electron chi connectivity index (χ2n) is 6.86. The lowest BCUT2D eigenvalue weighted by Gasteiger charge is -2.30. The first kappa shape index (κ1) is 16.6. The lowest BCUT2D eigenvalue weighted by Crippen LogP contribution is -2.49. The molecule has 1 atom stereocenters. The summed E-state index contributed by atoms with van der Waals surface area (Å²) >= 11 is 0. The Hall–Kier alpha value is -0.770. The predicted octanol–water partition coefficient (Wildman–Crippen LogP) is 2.60. The van der Waals surface area contributed by atoms with Crippen molar-refractivity contribution < 1.29 is 0 Å². The predicted molar refractivity (Wildman–Crippen MR) is 90.8 cm³/mol. The van der Waals surface area contributed by atoms with E-state index in [0.29, 0.717) is 12.1 Å². The molecule has 0 bridgehead atoms. The number of nitrogens with one attached hydrogen (secondary N) is 2. The summed E-state index contributed by atoms with van der Waals surface area (Å²) in [5, 5.41) is 7.17. The lowest BCUT2D eigenvalue weighted by molar-refractivity contribution is 0.235. The minimum atomic E-state index is 0.610. The molecule has 1 saturated carbocycles. The smallest absolute Gasteiger partial charge is 0.191 e. The second kappa shape index (κ2) is 8.62. The maximum atomic E-state index is 4.41. The summed E-state index contributed by atoms with van der Waals surface area (Å²) in [5.74, 6) is 1.89. The van der Waals surface area contributed by atoms with Crippen molar-refractivity contribution >= 4 is 5.96 Å². The summed E-state index contributed by atoms with van der Waals surface area (Å²) in [7, 11) is 1.89. The summed E-state index contributed by atoms with van der Waals surface area (Å²) < 4.78 is 0. The molecule has 2 N–H and O–H groups in total. The molecule has 0 spiro atoms. The van der Waals surface area contributed by atoms with E-state index in [1.54, 1.807) is 0 Å². The van der Waals surface area contributed by atoms with Crippen LogP contribution in [0.15, 0.2) is 4.99 Å². The van der Waals surface area contributed by atoms with E-state index in [1.807, 2.05) is 7.05 Å². The van der Waals surface area contributed by atoms with E-state index in [1.165, 1.54) is 58.0 Å². The molecule has 2 aliphatic rings. The van der Waals surface area contributed by atoms with E-state index >= 15 is 0 Å². The number of aliphatic imine (C=N–C) groups is 1. The Morgan fingerprint density at radius 1 is 1.19 bits per heavy atom. The fraction of sp³-hybridized carbons (Fsp3) is 0.941. The lowest BCUT2D eigenvalue weighted by atomic mass is 9.87. The van der Waals surface area contributed by atoms with Crippen LogP contribution in [0.1, 0.15) is 58.8 Å². The van der Waals surface area contributed by atoms with Crippen LogP contribution < -0.4 is 10.6 Å². The number of guanidine groups is 1. The fourth-order valence-corrected chi connectivity index (χ4v) is 3.65. The fourth-order valence-electron chi connectivity index (χ4n) is 3.65. The SMILES string of the molecule is CCC(CNC(=NC)NC1CCC(C)CC1)N1CCCC1. The summed E-state index contributed by atoms with van der Waals surface area (Å²) in [6, 6.07) is 1.26. The average molecular weight is 294 g/mol. The van der Waals surface area contributed by atoms with E-state index in [-0.39, 0.29) is 0 Å². The first-order valence-corrected chi connectivity index (χ1v) is 8.94. The van der Waals surface area contributed by atoms with Gasteiger partial charge in [-0.05, 0) is 64.0 Å². The molecule has 0 aromatic rings. The molecule has 1 saturated heterocycles. The molecule has 0 radical (unpaired) electrons. The number of likely N-dealkylation sites (tertiary alicyclic amines) is 1. The van der Waals surface area contributed by atoms with Gasteiger partial charge in [0.1, 0.15) is 0 Å². The zero-order chi connectivity index (χ0) is 15.1. The van der Waals surface area contributed by atoms with Crippen LogP contribution in [-0.2, 0) is 0 Å². The Kier molecular flexibility index (Phi) is 6.81. The highest BCUT2D eigenvalue weighted by molar-refractivity contribution is 5.80. The molecule has 4 heteroatoms. The van der Waals surface area contributed by atoms with Crippen molar-refractivity contribution in [1.82, 2.24) is 15.5 Å². The zero-order valence-electron chi connectivity index (χ0n) is 14.2. The van der Waals surface area contributed by atoms with Crippen LogP contribution in [0, 0.1) is 5.92 Å². The van der Waals surface area contributed by atoms with E-state index < -0.39 is 0 Å². The number of hydrogen-bond acceptors (Lipinski definition) is 2. The molecule has 0 aromatic heterocycles. The van der Waals surface area contributed by atoms with Gasteiger partial charge in [0.15, 0.2) is 5.96 Å². The number of nitrogens with zero attached hydrogens (tertiary/aromatic N) is 2. The molecule has 1 aliphatic heterocycles. The molecule has 21 heavy (non-hydrogen) atoms. The van der Waals surface area contributed by atoms with Crippen molar-refractivity contribution in [2.24, 2.45) is 10.9 Å². The van der Waals surface area contributed by atoms with Crippen molar-refractivity contribution in [2.75, 3.05) is 26.7 Å². The first-order chi connectivity index (χ1) is 10.2. The van der Waals surface area contributed by atoms with Crippen LogP contribution >= 0.6 is 0 Å². The first-order valence-electron chi connectivity index (χ1n) is 8.94. The van der Waals surface area contributed by atoms with Crippen LogP contribution in [0.3, 0.4) is 0 Å². The van der Waals surface area contributed by atoms with Gasteiger partial charge in [0.05, 0.1) is 0 Å². The van der Waals surface area contributed by atoms with Gasteiger partial charge in [-0.25, -0.2) is 0 Å². The number of hydrogen-bond donors (Lipinski definition) is 2. The second-order valence-corrected chi connectivity index (χ2v) is 6.86. The van der Waals surface area contributed by atoms with Crippen LogP contribution in [0.2, 0.25) is 0 Å². The van der Waals surface area contributed by atoms with E-state index in [4.69, 9.17) is 0 Å². The van der Waals surface area contributed by atoms with Crippen molar-refractivity contribution in [3.8, 4) is 0 Å². The molecule has 1 unspecified atom stereocenters. The maximum Gasteiger partial charge on any atom is 0.191 e. The van der Waals surface area contributed by atoms with Gasteiger partial charge in [0.2, 0.25) is 0 Å². The van der Waals surface area contributed by atoms with E-state index in [2.05, 4.69) is 34.4 Å². The van der Waals surface area contributed by atoms with Gasteiger partial charge in [0.25, 0.3) is 0 Å². The maximum absolute atomic E-state index is 4.41. The van der Waals surface area contributed by atoms with Crippen molar-refractivity contribution in [2.45, 2.75) is 70.9 Å². The normalized spacial score (nSPS) is 29.4. The van der Waals surface area contributed by atoms with Gasteiger partial charge < -0.3 is 10.6 Å². The Morgan fingerprint density at radius 3 is 2.43 bits per heavy atom. The highest BCUT2D eigenvalue weighted by Gasteiger charge is 2.22. The molecule has 122 valence electrons. The van der Waals surface area contributed by atoms with Crippen LogP contribution in [-0.4, -0.2) is 49.6 Å². The Bertz CT molecular complexity index is 315. The third kappa shape index (κ3) is 5.17. The third-order valence-electron chi connectivity index (χ3n) is 5.21. The largest absolute Gasteiger partial charge is 0.355 e. The molecule has 2 fully saturated rings. The highest BCUT2D eigenvalue weighted by Crippen LogP contribution is 2.23. The van der Waals surface area contributed by atoms with Crippen molar-refractivity contribution in [3.05, 3.63) is 0 Å². The Labute approximate surface area is 130 Å². The molecular formula is C17H34N4. The molecule has 2 rings (SSSR count). The minimum Gasteiger partial charge on any atom is -0.355 e. The van der Waals surface area contributed by atoms with Gasteiger partial charge in [-0.2, -0.15) is 0 Å². The summed E-state index contributed by atoms with van der Waals surface area (Å²) in [4.78, 5) is 7.04. The highest BCUT2D eigenvalue weighted by atomic mass is 15.2. The third-order valence-corrected chi connectivity index (χ3v) is 5.21. The molecule has 0 aromatic carbocycles. The van der Waals surface area contributed by atoms with Gasteiger partial charge in [-0.3, -0.25) is 9.89 Å². The molecule has 1 aliphatic carbocycles.